The predicted molar refractivity (Wildman–Crippen MR) is 120 cm³/mol. The smallest absolute Gasteiger partial charge is 0.263 e. The van der Waals surface area contributed by atoms with Crippen LogP contribution in [0.3, 0.4) is 0 Å². The molecule has 1 saturated heterocycles. The van der Waals surface area contributed by atoms with Crippen LogP contribution < -0.4 is 15.6 Å². The van der Waals surface area contributed by atoms with E-state index in [9.17, 15) is 4.79 Å². The number of nitrogens with one attached hydrogen (secondary N) is 2. The lowest BCUT2D eigenvalue weighted by atomic mass is 10.0. The number of aromatic nitrogens is 4. The summed E-state index contributed by atoms with van der Waals surface area (Å²) in [5, 5.41) is 8.21. The zero-order valence-corrected chi connectivity index (χ0v) is 18.5. The van der Waals surface area contributed by atoms with Gasteiger partial charge in [0.25, 0.3) is 5.56 Å². The summed E-state index contributed by atoms with van der Waals surface area (Å²) in [6, 6.07) is 8.19. The Kier molecular flexibility index (Phi) is 5.97. The van der Waals surface area contributed by atoms with Gasteiger partial charge in [0.05, 0.1) is 38.1 Å². The zero-order chi connectivity index (χ0) is 22.0. The molecule has 3 heterocycles. The molecule has 0 amide bonds. The van der Waals surface area contributed by atoms with Crippen LogP contribution in [0.15, 0.2) is 35.3 Å². The fourth-order valence-corrected chi connectivity index (χ4v) is 3.86. The number of hydrogen-bond donors (Lipinski definition) is 2. The van der Waals surface area contributed by atoms with Crippen LogP contribution in [-0.2, 0) is 10.3 Å². The van der Waals surface area contributed by atoms with Crippen molar-refractivity contribution < 1.29 is 9.47 Å². The van der Waals surface area contributed by atoms with E-state index in [1.54, 1.807) is 18.0 Å². The number of rotatable bonds is 6. The molecule has 1 fully saturated rings. The molecule has 0 bridgehead atoms. The van der Waals surface area contributed by atoms with E-state index in [1.165, 1.54) is 5.56 Å². The van der Waals surface area contributed by atoms with Crippen LogP contribution in [0, 0.1) is 0 Å². The number of hydrogen-bond acceptors (Lipinski definition) is 7. The minimum atomic E-state index is -0.279. The van der Waals surface area contributed by atoms with Crippen LogP contribution in [0.4, 0.5) is 5.95 Å². The molecular weight excluding hydrogens is 396 g/mol. The summed E-state index contributed by atoms with van der Waals surface area (Å²) in [5.41, 5.74) is 1.26. The Morgan fingerprint density at radius 2 is 1.94 bits per heavy atom. The molecule has 1 aromatic carbocycles. The molecule has 0 spiro atoms. The monoisotopic (exact) mass is 426 g/mol. The zero-order valence-electron chi connectivity index (χ0n) is 18.5. The summed E-state index contributed by atoms with van der Waals surface area (Å²) < 4.78 is 12.6. The van der Waals surface area contributed by atoms with Gasteiger partial charge in [-0.05, 0) is 38.5 Å². The first kappa shape index (κ1) is 21.3. The number of morpholine rings is 1. The standard InChI is InChI=1S/C22H30N6O3/c1-22(2,3)28-19-17(13-24-28)20(29)26-21(25-19)23-14-18(27-9-11-31-12-10-27)15-5-7-16(30-4)8-6-15/h5-8,13,18H,9-12,14H2,1-4H3,(H2,23,25,26,29). The Morgan fingerprint density at radius 1 is 1.23 bits per heavy atom. The van der Waals surface area contributed by atoms with E-state index in [2.05, 4.69) is 37.4 Å². The van der Waals surface area contributed by atoms with E-state index in [0.29, 0.717) is 36.7 Å². The number of benzene rings is 1. The maximum absolute atomic E-state index is 12.6. The lowest BCUT2D eigenvalue weighted by Crippen LogP contribution is -2.41. The first-order chi connectivity index (χ1) is 14.9. The molecule has 9 nitrogen and oxygen atoms in total. The van der Waals surface area contributed by atoms with Gasteiger partial charge in [-0.15, -0.1) is 0 Å². The van der Waals surface area contributed by atoms with E-state index in [0.717, 1.165) is 18.8 Å². The molecule has 9 heteroatoms. The van der Waals surface area contributed by atoms with Crippen molar-refractivity contribution in [2.24, 2.45) is 0 Å². The third kappa shape index (κ3) is 4.57. The number of methoxy groups -OCH3 is 1. The highest BCUT2D eigenvalue weighted by molar-refractivity contribution is 5.74. The van der Waals surface area contributed by atoms with Crippen molar-refractivity contribution in [3.8, 4) is 5.75 Å². The summed E-state index contributed by atoms with van der Waals surface area (Å²) in [6.07, 6.45) is 1.57. The van der Waals surface area contributed by atoms with Gasteiger partial charge < -0.3 is 14.8 Å². The van der Waals surface area contributed by atoms with Gasteiger partial charge in [-0.3, -0.25) is 14.7 Å². The molecule has 0 saturated carbocycles. The molecule has 31 heavy (non-hydrogen) atoms. The summed E-state index contributed by atoms with van der Waals surface area (Å²) in [5.74, 6) is 1.26. The van der Waals surface area contributed by atoms with E-state index < -0.39 is 0 Å². The minimum Gasteiger partial charge on any atom is -0.497 e. The average Bonchev–Trinajstić information content (AvgIpc) is 3.20. The number of anilines is 1. The minimum absolute atomic E-state index is 0.100. The molecule has 166 valence electrons. The molecule has 1 aliphatic rings. The fraction of sp³-hybridized carbons (Fsp3) is 0.500. The summed E-state index contributed by atoms with van der Waals surface area (Å²) in [7, 11) is 1.66. The number of fused-ring (bicyclic) bond motifs is 1. The topological polar surface area (TPSA) is 97.3 Å². The molecule has 1 unspecified atom stereocenters. The largest absolute Gasteiger partial charge is 0.497 e. The number of aromatic amines is 1. The van der Waals surface area contributed by atoms with Gasteiger partial charge in [0.15, 0.2) is 5.65 Å². The van der Waals surface area contributed by atoms with Gasteiger partial charge in [-0.1, -0.05) is 12.1 Å². The Balaban J connectivity index is 1.61. The summed E-state index contributed by atoms with van der Waals surface area (Å²) >= 11 is 0. The normalized spacial score (nSPS) is 16.4. The molecule has 4 rings (SSSR count). The lowest BCUT2D eigenvalue weighted by Gasteiger charge is -2.35. The van der Waals surface area contributed by atoms with Crippen LogP contribution in [0.2, 0.25) is 0 Å². The van der Waals surface area contributed by atoms with Gasteiger partial charge in [0, 0.05) is 19.6 Å². The van der Waals surface area contributed by atoms with E-state index in [-0.39, 0.29) is 17.1 Å². The van der Waals surface area contributed by atoms with Gasteiger partial charge in [-0.2, -0.15) is 10.1 Å². The molecule has 3 aromatic rings. The number of nitrogens with zero attached hydrogens (tertiary/aromatic N) is 4. The highest BCUT2D eigenvalue weighted by Crippen LogP contribution is 2.25. The van der Waals surface area contributed by atoms with Gasteiger partial charge in [0.2, 0.25) is 5.95 Å². The Bertz CT molecular complexity index is 1080. The number of ether oxygens (including phenoxy) is 2. The van der Waals surface area contributed by atoms with Crippen LogP contribution in [-0.4, -0.2) is 64.6 Å². The second-order valence-electron chi connectivity index (χ2n) is 8.70. The molecule has 2 N–H and O–H groups in total. The SMILES string of the molecule is COc1ccc(C(CNc2nc3c(cnn3C(C)(C)C)c(=O)[nH]2)N2CCOCC2)cc1. The second kappa shape index (κ2) is 8.68. The van der Waals surface area contributed by atoms with E-state index in [4.69, 9.17) is 9.47 Å². The number of H-pyrrole nitrogens is 1. The van der Waals surface area contributed by atoms with Crippen molar-refractivity contribution in [3.05, 3.63) is 46.4 Å². The van der Waals surface area contributed by atoms with Crippen LogP contribution in [0.25, 0.3) is 11.0 Å². The first-order valence-corrected chi connectivity index (χ1v) is 10.5. The van der Waals surface area contributed by atoms with E-state index >= 15 is 0 Å². The van der Waals surface area contributed by atoms with Crippen molar-refractivity contribution in [2.75, 3.05) is 45.3 Å². The Hall–Kier alpha value is -2.91. The van der Waals surface area contributed by atoms with Crippen molar-refractivity contribution in [3.63, 3.8) is 0 Å². The van der Waals surface area contributed by atoms with Gasteiger partial charge in [0.1, 0.15) is 11.1 Å². The van der Waals surface area contributed by atoms with Crippen molar-refractivity contribution >= 4 is 17.0 Å². The molecule has 0 radical (unpaired) electrons. The van der Waals surface area contributed by atoms with Crippen molar-refractivity contribution in [1.82, 2.24) is 24.6 Å². The highest BCUT2D eigenvalue weighted by atomic mass is 16.5. The molecule has 1 aliphatic heterocycles. The fourth-order valence-electron chi connectivity index (χ4n) is 3.86. The first-order valence-electron chi connectivity index (χ1n) is 10.5. The summed E-state index contributed by atoms with van der Waals surface area (Å²) in [4.78, 5) is 22.5. The van der Waals surface area contributed by atoms with Gasteiger partial charge in [-0.25, -0.2) is 4.68 Å². The molecule has 0 aliphatic carbocycles. The van der Waals surface area contributed by atoms with Crippen LogP contribution >= 0.6 is 0 Å². The Labute approximate surface area is 181 Å². The van der Waals surface area contributed by atoms with Crippen LogP contribution in [0.1, 0.15) is 32.4 Å². The predicted octanol–water partition coefficient (Wildman–Crippen LogP) is 2.37. The van der Waals surface area contributed by atoms with Gasteiger partial charge >= 0.3 is 0 Å². The van der Waals surface area contributed by atoms with Crippen molar-refractivity contribution in [1.29, 1.82) is 0 Å². The van der Waals surface area contributed by atoms with Crippen LogP contribution in [0.5, 0.6) is 5.75 Å². The maximum Gasteiger partial charge on any atom is 0.263 e. The second-order valence-corrected chi connectivity index (χ2v) is 8.70. The van der Waals surface area contributed by atoms with Crippen molar-refractivity contribution in [2.45, 2.75) is 32.4 Å². The third-order valence-corrected chi connectivity index (χ3v) is 5.52. The molecule has 1 atom stereocenters. The maximum atomic E-state index is 12.6. The quantitative estimate of drug-likeness (QED) is 0.624. The molecule has 2 aromatic heterocycles. The molecular formula is C22H30N6O3. The summed E-state index contributed by atoms with van der Waals surface area (Å²) in [6.45, 7) is 9.80. The Morgan fingerprint density at radius 3 is 2.58 bits per heavy atom. The lowest BCUT2D eigenvalue weighted by molar-refractivity contribution is 0.0187. The average molecular weight is 427 g/mol. The third-order valence-electron chi connectivity index (χ3n) is 5.52. The highest BCUT2D eigenvalue weighted by Gasteiger charge is 2.24. The van der Waals surface area contributed by atoms with E-state index in [1.807, 2.05) is 32.9 Å².